The topological polar surface area (TPSA) is 49.9 Å². The lowest BCUT2D eigenvalue weighted by atomic mass is 9.98. The summed E-state index contributed by atoms with van der Waals surface area (Å²) in [6, 6.07) is 8.58. The first kappa shape index (κ1) is 12.1. The number of rotatable bonds is 4. The molecule has 1 unspecified atom stereocenters. The van der Waals surface area contributed by atoms with Gasteiger partial charge < -0.3 is 5.73 Å². The van der Waals surface area contributed by atoms with Gasteiger partial charge in [-0.1, -0.05) is 32.4 Å². The van der Waals surface area contributed by atoms with E-state index in [1.807, 2.05) is 6.07 Å². The van der Waals surface area contributed by atoms with Crippen LogP contribution >= 0.6 is 11.3 Å². The fraction of sp³-hybridized carbons (Fsp3) is 0.357. The minimum atomic E-state index is 0.162. The average molecular weight is 246 g/mol. The molecular formula is C14H18N2S. The Morgan fingerprint density at radius 3 is 2.82 bits per heavy atom. The van der Waals surface area contributed by atoms with Gasteiger partial charge in [-0.15, -0.1) is 11.3 Å². The largest absolute Gasteiger partial charge is 0.383 e. The molecule has 3 N–H and O–H groups in total. The molecule has 0 amide bonds. The Hall–Kier alpha value is -1.35. The second kappa shape index (κ2) is 4.88. The highest BCUT2D eigenvalue weighted by Crippen LogP contribution is 2.27. The van der Waals surface area contributed by atoms with E-state index in [4.69, 9.17) is 11.1 Å². The second-order valence-corrected chi connectivity index (χ2v) is 5.70. The Bertz CT molecular complexity index is 542. The van der Waals surface area contributed by atoms with Crippen LogP contribution in [-0.2, 0) is 6.42 Å². The van der Waals surface area contributed by atoms with Crippen molar-refractivity contribution in [1.29, 1.82) is 5.41 Å². The van der Waals surface area contributed by atoms with Gasteiger partial charge in [0.2, 0.25) is 0 Å². The Morgan fingerprint density at radius 2 is 2.18 bits per heavy atom. The van der Waals surface area contributed by atoms with Crippen LogP contribution in [0.2, 0.25) is 0 Å². The Labute approximate surface area is 106 Å². The third-order valence-corrected chi connectivity index (χ3v) is 4.28. The van der Waals surface area contributed by atoms with Crippen molar-refractivity contribution in [2.24, 2.45) is 11.7 Å². The summed E-state index contributed by atoms with van der Waals surface area (Å²) in [4.78, 5) is 0.862. The van der Waals surface area contributed by atoms with E-state index in [1.165, 1.54) is 22.1 Å². The molecule has 1 aromatic heterocycles. The van der Waals surface area contributed by atoms with E-state index < -0.39 is 0 Å². The zero-order valence-corrected chi connectivity index (χ0v) is 11.1. The van der Waals surface area contributed by atoms with Crippen LogP contribution in [0.25, 0.3) is 10.1 Å². The van der Waals surface area contributed by atoms with Gasteiger partial charge in [0.05, 0.1) is 4.88 Å². The van der Waals surface area contributed by atoms with E-state index in [-0.39, 0.29) is 5.84 Å². The van der Waals surface area contributed by atoms with E-state index in [9.17, 15) is 0 Å². The molecule has 0 saturated heterocycles. The molecule has 0 spiro atoms. The molecule has 0 aliphatic rings. The van der Waals surface area contributed by atoms with Gasteiger partial charge in [0.25, 0.3) is 0 Å². The van der Waals surface area contributed by atoms with Crippen LogP contribution in [0.3, 0.4) is 0 Å². The van der Waals surface area contributed by atoms with Crippen molar-refractivity contribution in [2.45, 2.75) is 26.7 Å². The number of amidine groups is 1. The van der Waals surface area contributed by atoms with Gasteiger partial charge in [0.15, 0.2) is 0 Å². The van der Waals surface area contributed by atoms with Gasteiger partial charge in [-0.05, 0) is 35.4 Å². The lowest BCUT2D eigenvalue weighted by Gasteiger charge is -2.07. The maximum absolute atomic E-state index is 7.45. The zero-order chi connectivity index (χ0) is 12.4. The molecule has 90 valence electrons. The SMILES string of the molecule is CCC(C)Cc1ccc2sc(C(=N)N)cc2c1. The van der Waals surface area contributed by atoms with Crippen LogP contribution in [0.15, 0.2) is 24.3 Å². The number of nitrogen functional groups attached to an aromatic ring is 1. The lowest BCUT2D eigenvalue weighted by molar-refractivity contribution is 0.560. The van der Waals surface area contributed by atoms with Gasteiger partial charge in [-0.25, -0.2) is 0 Å². The predicted molar refractivity (Wildman–Crippen MR) is 76.0 cm³/mol. The van der Waals surface area contributed by atoms with Crippen molar-refractivity contribution in [2.75, 3.05) is 0 Å². The van der Waals surface area contributed by atoms with Crippen molar-refractivity contribution < 1.29 is 0 Å². The summed E-state index contributed by atoms with van der Waals surface area (Å²) in [6.45, 7) is 4.50. The highest BCUT2D eigenvalue weighted by Gasteiger charge is 2.06. The van der Waals surface area contributed by atoms with Crippen LogP contribution < -0.4 is 5.73 Å². The smallest absolute Gasteiger partial charge is 0.133 e. The first-order valence-corrected chi connectivity index (χ1v) is 6.78. The summed E-state index contributed by atoms with van der Waals surface area (Å²) in [5.74, 6) is 0.882. The number of benzene rings is 1. The normalized spacial score (nSPS) is 12.8. The van der Waals surface area contributed by atoms with Crippen molar-refractivity contribution in [1.82, 2.24) is 0 Å². The molecular weight excluding hydrogens is 228 g/mol. The number of fused-ring (bicyclic) bond motifs is 1. The Balaban J connectivity index is 2.33. The number of hydrogen-bond donors (Lipinski definition) is 2. The van der Waals surface area contributed by atoms with Gasteiger partial charge in [0, 0.05) is 4.70 Å². The van der Waals surface area contributed by atoms with Crippen molar-refractivity contribution >= 4 is 27.3 Å². The third kappa shape index (κ3) is 2.67. The molecule has 1 atom stereocenters. The Kier molecular flexibility index (Phi) is 3.48. The van der Waals surface area contributed by atoms with Crippen LogP contribution in [0, 0.1) is 11.3 Å². The van der Waals surface area contributed by atoms with Gasteiger partial charge in [-0.3, -0.25) is 5.41 Å². The van der Waals surface area contributed by atoms with Gasteiger partial charge in [0.1, 0.15) is 5.84 Å². The summed E-state index contributed by atoms with van der Waals surface area (Å²) < 4.78 is 1.21. The van der Waals surface area contributed by atoms with Crippen molar-refractivity contribution in [3.05, 3.63) is 34.7 Å². The molecule has 0 radical (unpaired) electrons. The molecule has 1 aromatic carbocycles. The molecule has 0 saturated carbocycles. The highest BCUT2D eigenvalue weighted by atomic mass is 32.1. The van der Waals surface area contributed by atoms with E-state index in [1.54, 1.807) is 11.3 Å². The quantitative estimate of drug-likeness (QED) is 0.626. The summed E-state index contributed by atoms with van der Waals surface area (Å²) in [6.07, 6.45) is 2.33. The number of nitrogens with one attached hydrogen (secondary N) is 1. The van der Waals surface area contributed by atoms with Crippen LogP contribution in [0.5, 0.6) is 0 Å². The molecule has 3 heteroatoms. The molecule has 17 heavy (non-hydrogen) atoms. The fourth-order valence-corrected chi connectivity index (χ4v) is 2.80. The van der Waals surface area contributed by atoms with Crippen molar-refractivity contribution in [3.8, 4) is 0 Å². The average Bonchev–Trinajstić information content (AvgIpc) is 2.72. The van der Waals surface area contributed by atoms with E-state index in [0.717, 1.165) is 17.2 Å². The van der Waals surface area contributed by atoms with Crippen LogP contribution in [0.4, 0.5) is 0 Å². The number of thiophene rings is 1. The molecule has 2 nitrogen and oxygen atoms in total. The van der Waals surface area contributed by atoms with Gasteiger partial charge in [-0.2, -0.15) is 0 Å². The molecule has 2 aromatic rings. The molecule has 1 heterocycles. The van der Waals surface area contributed by atoms with Crippen molar-refractivity contribution in [3.63, 3.8) is 0 Å². The summed E-state index contributed by atoms with van der Waals surface area (Å²) in [5, 5.41) is 8.66. The monoisotopic (exact) mass is 246 g/mol. The maximum Gasteiger partial charge on any atom is 0.133 e. The molecule has 0 aliphatic carbocycles. The van der Waals surface area contributed by atoms with Crippen LogP contribution in [0.1, 0.15) is 30.7 Å². The maximum atomic E-state index is 7.45. The van der Waals surface area contributed by atoms with E-state index in [2.05, 4.69) is 32.0 Å². The number of nitrogens with two attached hydrogens (primary N) is 1. The Morgan fingerprint density at radius 1 is 1.41 bits per heavy atom. The van der Waals surface area contributed by atoms with E-state index >= 15 is 0 Å². The fourth-order valence-electron chi connectivity index (χ4n) is 1.90. The highest BCUT2D eigenvalue weighted by molar-refractivity contribution is 7.20. The summed E-state index contributed by atoms with van der Waals surface area (Å²) in [7, 11) is 0. The third-order valence-electron chi connectivity index (χ3n) is 3.13. The minimum absolute atomic E-state index is 0.162. The van der Waals surface area contributed by atoms with E-state index in [0.29, 0.717) is 0 Å². The first-order chi connectivity index (χ1) is 8.10. The molecule has 0 fully saturated rings. The predicted octanol–water partition coefficient (Wildman–Crippen LogP) is 3.77. The lowest BCUT2D eigenvalue weighted by Crippen LogP contribution is -2.08. The number of hydrogen-bond acceptors (Lipinski definition) is 2. The second-order valence-electron chi connectivity index (χ2n) is 4.61. The molecule has 0 bridgehead atoms. The zero-order valence-electron chi connectivity index (χ0n) is 10.3. The molecule has 0 aliphatic heterocycles. The minimum Gasteiger partial charge on any atom is -0.383 e. The summed E-state index contributed by atoms with van der Waals surface area (Å²) in [5.41, 5.74) is 6.89. The first-order valence-electron chi connectivity index (χ1n) is 5.97. The molecule has 2 rings (SSSR count). The van der Waals surface area contributed by atoms with Crippen LogP contribution in [-0.4, -0.2) is 5.84 Å². The van der Waals surface area contributed by atoms with Gasteiger partial charge >= 0.3 is 0 Å². The summed E-state index contributed by atoms with van der Waals surface area (Å²) >= 11 is 1.59. The standard InChI is InChI=1S/C14H18N2S/c1-3-9(2)6-10-4-5-12-11(7-10)8-13(17-12)14(15)16/h4-5,7-9H,3,6H2,1-2H3,(H3,15,16).